The molecular formula is C12H17N. The third-order valence-electron chi connectivity index (χ3n) is 3.18. The second-order valence-corrected chi connectivity index (χ2v) is 4.80. The van der Waals surface area contributed by atoms with E-state index >= 15 is 0 Å². The molecule has 0 fully saturated rings. The molecule has 0 radical (unpaired) electrons. The van der Waals surface area contributed by atoms with E-state index in [0.717, 1.165) is 5.69 Å². The zero-order valence-corrected chi connectivity index (χ0v) is 8.59. The van der Waals surface area contributed by atoms with Crippen molar-refractivity contribution in [2.45, 2.75) is 38.5 Å². The van der Waals surface area contributed by atoms with Gasteiger partial charge in [-0.2, -0.15) is 0 Å². The van der Waals surface area contributed by atoms with E-state index in [1.807, 2.05) is 6.07 Å². The van der Waals surface area contributed by atoms with Gasteiger partial charge in [0.25, 0.3) is 0 Å². The minimum Gasteiger partial charge on any atom is -0.398 e. The van der Waals surface area contributed by atoms with E-state index in [4.69, 9.17) is 5.73 Å². The van der Waals surface area contributed by atoms with Crippen molar-refractivity contribution >= 4 is 5.69 Å². The van der Waals surface area contributed by atoms with Crippen LogP contribution < -0.4 is 5.73 Å². The number of rotatable bonds is 0. The summed E-state index contributed by atoms with van der Waals surface area (Å²) in [5, 5.41) is 0. The van der Waals surface area contributed by atoms with Crippen LogP contribution in [0, 0.1) is 0 Å². The number of anilines is 1. The van der Waals surface area contributed by atoms with Crippen LogP contribution in [0.1, 0.15) is 44.2 Å². The van der Waals surface area contributed by atoms with Crippen LogP contribution in [-0.4, -0.2) is 0 Å². The molecule has 1 aromatic rings. The monoisotopic (exact) mass is 175 g/mol. The van der Waals surface area contributed by atoms with Crippen LogP contribution in [0.25, 0.3) is 0 Å². The molecule has 0 saturated carbocycles. The molecule has 0 aliphatic heterocycles. The highest BCUT2D eigenvalue weighted by Gasteiger charge is 2.35. The summed E-state index contributed by atoms with van der Waals surface area (Å²) in [6, 6.07) is 6.29. The molecule has 0 heterocycles. The molecule has 2 N–H and O–H groups in total. The first-order chi connectivity index (χ1) is 6.02. The highest BCUT2D eigenvalue weighted by molar-refractivity contribution is 5.57. The molecular weight excluding hydrogens is 158 g/mol. The van der Waals surface area contributed by atoms with Crippen molar-refractivity contribution < 1.29 is 0 Å². The second-order valence-electron chi connectivity index (χ2n) is 4.80. The van der Waals surface area contributed by atoms with E-state index in [9.17, 15) is 0 Å². The van der Waals surface area contributed by atoms with E-state index in [1.165, 1.54) is 17.5 Å². The number of benzene rings is 1. The lowest BCUT2D eigenvalue weighted by Gasteiger charge is -2.18. The summed E-state index contributed by atoms with van der Waals surface area (Å²) < 4.78 is 0. The van der Waals surface area contributed by atoms with Gasteiger partial charge < -0.3 is 5.73 Å². The summed E-state index contributed by atoms with van der Waals surface area (Å²) in [5.74, 6) is 0.617. The maximum atomic E-state index is 5.98. The van der Waals surface area contributed by atoms with Gasteiger partial charge in [0.15, 0.2) is 0 Å². The molecule has 0 bridgehead atoms. The molecule has 13 heavy (non-hydrogen) atoms. The average molecular weight is 175 g/mol. The number of fused-ring (bicyclic) bond motifs is 1. The smallest absolute Gasteiger partial charge is 0.0352 e. The lowest BCUT2D eigenvalue weighted by molar-refractivity contribution is 0.489. The number of hydrogen-bond acceptors (Lipinski definition) is 1. The second kappa shape index (κ2) is 2.50. The molecule has 0 spiro atoms. The van der Waals surface area contributed by atoms with Gasteiger partial charge in [-0.05, 0) is 34.9 Å². The summed E-state index contributed by atoms with van der Waals surface area (Å²) in [7, 11) is 0. The Bertz CT molecular complexity index is 339. The van der Waals surface area contributed by atoms with E-state index in [2.05, 4.69) is 32.9 Å². The lowest BCUT2D eigenvalue weighted by Crippen LogP contribution is -2.11. The van der Waals surface area contributed by atoms with Gasteiger partial charge in [0, 0.05) is 5.69 Å². The van der Waals surface area contributed by atoms with Gasteiger partial charge >= 0.3 is 0 Å². The SMILES string of the molecule is C[C@H]1CC(C)(C)c2cccc(N)c21. The summed E-state index contributed by atoms with van der Waals surface area (Å²) >= 11 is 0. The molecule has 1 nitrogen and oxygen atoms in total. The molecule has 1 aromatic carbocycles. The number of nitrogens with two attached hydrogens (primary N) is 1. The first-order valence-corrected chi connectivity index (χ1v) is 4.91. The summed E-state index contributed by atoms with van der Waals surface area (Å²) in [6.07, 6.45) is 1.22. The van der Waals surface area contributed by atoms with Gasteiger partial charge in [-0.15, -0.1) is 0 Å². The van der Waals surface area contributed by atoms with Gasteiger partial charge in [0.1, 0.15) is 0 Å². The summed E-state index contributed by atoms with van der Waals surface area (Å²) in [6.45, 7) is 6.87. The molecule has 1 atom stereocenters. The molecule has 1 heteroatoms. The van der Waals surface area contributed by atoms with Crippen LogP contribution in [0.3, 0.4) is 0 Å². The molecule has 0 amide bonds. The van der Waals surface area contributed by atoms with Crippen LogP contribution in [0.15, 0.2) is 18.2 Å². The minimum atomic E-state index is 0.310. The van der Waals surface area contributed by atoms with Crippen molar-refractivity contribution in [3.63, 3.8) is 0 Å². The molecule has 0 saturated heterocycles. The van der Waals surface area contributed by atoms with Crippen molar-refractivity contribution in [3.05, 3.63) is 29.3 Å². The van der Waals surface area contributed by atoms with E-state index in [0.29, 0.717) is 11.3 Å². The van der Waals surface area contributed by atoms with E-state index < -0.39 is 0 Å². The van der Waals surface area contributed by atoms with Crippen LogP contribution in [-0.2, 0) is 5.41 Å². The highest BCUT2D eigenvalue weighted by Crippen LogP contribution is 2.47. The van der Waals surface area contributed by atoms with Gasteiger partial charge in [-0.1, -0.05) is 32.9 Å². The minimum absolute atomic E-state index is 0.310. The fraction of sp³-hybridized carbons (Fsp3) is 0.500. The Balaban J connectivity index is 2.65. The van der Waals surface area contributed by atoms with Gasteiger partial charge in [0.05, 0.1) is 0 Å². The molecule has 1 aliphatic rings. The zero-order chi connectivity index (χ0) is 9.64. The first kappa shape index (κ1) is 8.61. The third-order valence-corrected chi connectivity index (χ3v) is 3.18. The molecule has 70 valence electrons. The van der Waals surface area contributed by atoms with Crippen molar-refractivity contribution in [1.82, 2.24) is 0 Å². The Morgan fingerprint density at radius 2 is 2.08 bits per heavy atom. The Hall–Kier alpha value is -0.980. The fourth-order valence-corrected chi connectivity index (χ4v) is 2.70. The van der Waals surface area contributed by atoms with E-state index in [1.54, 1.807) is 0 Å². The standard InChI is InChI=1S/C12H17N/c1-8-7-12(2,3)9-5-4-6-10(13)11(8)9/h4-6,8H,7,13H2,1-3H3/t8-/m0/s1. The van der Waals surface area contributed by atoms with Gasteiger partial charge in [-0.25, -0.2) is 0 Å². The maximum Gasteiger partial charge on any atom is 0.0352 e. The zero-order valence-electron chi connectivity index (χ0n) is 8.59. The number of nitrogen functional groups attached to an aromatic ring is 1. The van der Waals surface area contributed by atoms with Gasteiger partial charge in [0.2, 0.25) is 0 Å². The fourth-order valence-electron chi connectivity index (χ4n) is 2.70. The maximum absolute atomic E-state index is 5.98. The largest absolute Gasteiger partial charge is 0.398 e. The topological polar surface area (TPSA) is 26.0 Å². The first-order valence-electron chi connectivity index (χ1n) is 4.91. The van der Waals surface area contributed by atoms with Crippen LogP contribution >= 0.6 is 0 Å². The van der Waals surface area contributed by atoms with Crippen molar-refractivity contribution in [2.24, 2.45) is 0 Å². The Labute approximate surface area is 80.0 Å². The van der Waals surface area contributed by atoms with Crippen molar-refractivity contribution in [2.75, 3.05) is 5.73 Å². The third kappa shape index (κ3) is 1.14. The predicted molar refractivity (Wildman–Crippen MR) is 56.9 cm³/mol. The Morgan fingerprint density at radius 3 is 2.69 bits per heavy atom. The van der Waals surface area contributed by atoms with Crippen LogP contribution in [0.5, 0.6) is 0 Å². The van der Waals surface area contributed by atoms with E-state index in [-0.39, 0.29) is 0 Å². The molecule has 2 rings (SSSR count). The number of hydrogen-bond donors (Lipinski definition) is 1. The van der Waals surface area contributed by atoms with Crippen LogP contribution in [0.2, 0.25) is 0 Å². The average Bonchev–Trinajstić information content (AvgIpc) is 2.24. The Kier molecular flexibility index (Phi) is 1.66. The van der Waals surface area contributed by atoms with Gasteiger partial charge in [-0.3, -0.25) is 0 Å². The predicted octanol–water partition coefficient (Wildman–Crippen LogP) is 3.05. The lowest BCUT2D eigenvalue weighted by atomic mass is 9.86. The normalized spacial score (nSPS) is 24.4. The molecule has 1 aliphatic carbocycles. The summed E-state index contributed by atoms with van der Waals surface area (Å²) in [5.41, 5.74) is 10.1. The van der Waals surface area contributed by atoms with Crippen LogP contribution in [0.4, 0.5) is 5.69 Å². The summed E-state index contributed by atoms with van der Waals surface area (Å²) in [4.78, 5) is 0. The van der Waals surface area contributed by atoms with Crippen molar-refractivity contribution in [3.8, 4) is 0 Å². The molecule has 0 aromatic heterocycles. The van der Waals surface area contributed by atoms with Crippen molar-refractivity contribution in [1.29, 1.82) is 0 Å². The highest BCUT2D eigenvalue weighted by atomic mass is 14.6. The quantitative estimate of drug-likeness (QED) is 0.602. The Morgan fingerprint density at radius 1 is 1.38 bits per heavy atom. The molecule has 0 unspecified atom stereocenters.